The van der Waals surface area contributed by atoms with Gasteiger partial charge in [-0.2, -0.15) is 17.5 Å². The summed E-state index contributed by atoms with van der Waals surface area (Å²) in [6.45, 7) is -0.0253. The molecular formula is C17H15F4NO2S. The Balaban J connectivity index is 1.86. The molecule has 3 rings (SSSR count). The molecule has 25 heavy (non-hydrogen) atoms. The lowest BCUT2D eigenvalue weighted by Crippen LogP contribution is -2.32. The Hall–Kier alpha value is -1.93. The van der Waals surface area contributed by atoms with E-state index < -0.39 is 27.6 Å². The maximum Gasteiger partial charge on any atom is 0.416 e. The van der Waals surface area contributed by atoms with Crippen molar-refractivity contribution in [1.82, 2.24) is 4.31 Å². The number of hydrogen-bond acceptors (Lipinski definition) is 2. The lowest BCUT2D eigenvalue weighted by atomic mass is 10.1. The predicted octanol–water partition coefficient (Wildman–Crippen LogP) is 4.20. The van der Waals surface area contributed by atoms with Gasteiger partial charge < -0.3 is 0 Å². The van der Waals surface area contributed by atoms with E-state index in [0.717, 1.165) is 24.3 Å². The molecule has 0 aromatic heterocycles. The minimum Gasteiger partial charge on any atom is -0.207 e. The van der Waals surface area contributed by atoms with Crippen LogP contribution in [0.2, 0.25) is 0 Å². The van der Waals surface area contributed by atoms with Crippen LogP contribution in [0.5, 0.6) is 0 Å². The first-order valence-corrected chi connectivity index (χ1v) is 9.05. The largest absolute Gasteiger partial charge is 0.416 e. The van der Waals surface area contributed by atoms with Crippen molar-refractivity contribution in [3.8, 4) is 0 Å². The van der Waals surface area contributed by atoms with Gasteiger partial charge in [-0.25, -0.2) is 12.8 Å². The number of rotatable bonds is 5. The van der Waals surface area contributed by atoms with Gasteiger partial charge in [-0.3, -0.25) is 0 Å². The van der Waals surface area contributed by atoms with Crippen molar-refractivity contribution >= 4 is 10.0 Å². The summed E-state index contributed by atoms with van der Waals surface area (Å²) in [6, 6.07) is 8.75. The molecule has 0 radical (unpaired) electrons. The molecule has 0 N–H and O–H groups in total. The number of alkyl halides is 3. The number of nitrogens with zero attached hydrogens (tertiary/aromatic N) is 1. The van der Waals surface area contributed by atoms with E-state index in [0.29, 0.717) is 18.4 Å². The summed E-state index contributed by atoms with van der Waals surface area (Å²) in [5.74, 6) is -0.542. The fraction of sp³-hybridized carbons (Fsp3) is 0.294. The minimum absolute atomic E-state index is 0.0253. The standard InChI is InChI=1S/C17H15F4NO2S/c18-14-5-9-16(10-6-14)25(23,24)22(15-7-8-15)11-12-1-3-13(4-2-12)17(19,20)21/h1-6,9-10,15H,7-8,11H2. The summed E-state index contributed by atoms with van der Waals surface area (Å²) in [5, 5.41) is 0. The molecule has 1 saturated carbocycles. The van der Waals surface area contributed by atoms with E-state index in [2.05, 4.69) is 0 Å². The van der Waals surface area contributed by atoms with E-state index in [1.54, 1.807) is 0 Å². The summed E-state index contributed by atoms with van der Waals surface area (Å²) >= 11 is 0. The maximum absolute atomic E-state index is 13.0. The normalized spacial score (nSPS) is 15.6. The third-order valence-electron chi connectivity index (χ3n) is 3.99. The van der Waals surface area contributed by atoms with E-state index in [1.165, 1.54) is 28.6 Å². The second-order valence-electron chi connectivity index (χ2n) is 5.93. The molecule has 3 nitrogen and oxygen atoms in total. The van der Waals surface area contributed by atoms with Crippen molar-refractivity contribution < 1.29 is 26.0 Å². The summed E-state index contributed by atoms with van der Waals surface area (Å²) in [5.41, 5.74) is -0.318. The van der Waals surface area contributed by atoms with E-state index >= 15 is 0 Å². The molecule has 0 spiro atoms. The van der Waals surface area contributed by atoms with Gasteiger partial charge in [-0.15, -0.1) is 0 Å². The average molecular weight is 373 g/mol. The highest BCUT2D eigenvalue weighted by Gasteiger charge is 2.38. The average Bonchev–Trinajstić information content (AvgIpc) is 3.37. The second-order valence-corrected chi connectivity index (χ2v) is 7.82. The first kappa shape index (κ1) is 17.9. The molecular weight excluding hydrogens is 358 g/mol. The van der Waals surface area contributed by atoms with Crippen LogP contribution in [-0.4, -0.2) is 18.8 Å². The van der Waals surface area contributed by atoms with Crippen molar-refractivity contribution in [1.29, 1.82) is 0 Å². The van der Waals surface area contributed by atoms with Crippen LogP contribution >= 0.6 is 0 Å². The van der Waals surface area contributed by atoms with Crippen molar-refractivity contribution in [2.45, 2.75) is 36.5 Å². The molecule has 8 heteroatoms. The van der Waals surface area contributed by atoms with Crippen LogP contribution in [0.4, 0.5) is 17.6 Å². The Morgan fingerprint density at radius 1 is 0.960 bits per heavy atom. The maximum atomic E-state index is 13.0. The molecule has 0 bridgehead atoms. The lowest BCUT2D eigenvalue weighted by Gasteiger charge is -2.22. The number of benzene rings is 2. The van der Waals surface area contributed by atoms with E-state index in [9.17, 15) is 26.0 Å². The second kappa shape index (κ2) is 6.42. The molecule has 134 valence electrons. The predicted molar refractivity (Wildman–Crippen MR) is 83.6 cm³/mol. The number of hydrogen-bond donors (Lipinski definition) is 0. The van der Waals surface area contributed by atoms with E-state index in [4.69, 9.17) is 0 Å². The van der Waals surface area contributed by atoms with Crippen molar-refractivity contribution in [2.24, 2.45) is 0 Å². The molecule has 2 aromatic rings. The molecule has 0 atom stereocenters. The topological polar surface area (TPSA) is 37.4 Å². The van der Waals surface area contributed by atoms with Crippen LogP contribution < -0.4 is 0 Å². The Kier molecular flexibility index (Phi) is 4.59. The fourth-order valence-electron chi connectivity index (χ4n) is 2.49. The highest BCUT2D eigenvalue weighted by Crippen LogP contribution is 2.34. The first-order valence-electron chi connectivity index (χ1n) is 7.61. The molecule has 0 unspecified atom stereocenters. The van der Waals surface area contributed by atoms with Gasteiger partial charge in [0.15, 0.2) is 0 Å². The monoisotopic (exact) mass is 373 g/mol. The zero-order chi connectivity index (χ0) is 18.2. The Morgan fingerprint density at radius 2 is 1.52 bits per heavy atom. The lowest BCUT2D eigenvalue weighted by molar-refractivity contribution is -0.137. The molecule has 2 aromatic carbocycles. The molecule has 0 aliphatic heterocycles. The molecule has 1 fully saturated rings. The number of sulfonamides is 1. The van der Waals surface area contributed by atoms with Gasteiger partial charge in [0.2, 0.25) is 10.0 Å². The minimum atomic E-state index is -4.44. The van der Waals surface area contributed by atoms with Crippen molar-refractivity contribution in [3.05, 3.63) is 65.5 Å². The molecule has 0 amide bonds. The van der Waals surface area contributed by atoms with Crippen LogP contribution in [0.1, 0.15) is 24.0 Å². The summed E-state index contributed by atoms with van der Waals surface area (Å²) < 4.78 is 77.7. The highest BCUT2D eigenvalue weighted by atomic mass is 32.2. The zero-order valence-electron chi connectivity index (χ0n) is 13.0. The van der Waals surface area contributed by atoms with Crippen molar-refractivity contribution in [3.63, 3.8) is 0 Å². The molecule has 0 saturated heterocycles. The smallest absolute Gasteiger partial charge is 0.207 e. The van der Waals surface area contributed by atoms with Gasteiger partial charge in [-0.1, -0.05) is 12.1 Å². The zero-order valence-corrected chi connectivity index (χ0v) is 13.8. The van der Waals surface area contributed by atoms with Gasteiger partial charge in [0.1, 0.15) is 5.82 Å². The van der Waals surface area contributed by atoms with Crippen LogP contribution in [-0.2, 0) is 22.7 Å². The fourth-order valence-corrected chi connectivity index (χ4v) is 4.17. The SMILES string of the molecule is O=S(=O)(c1ccc(F)cc1)N(Cc1ccc(C(F)(F)F)cc1)C1CC1. The Morgan fingerprint density at radius 3 is 2.00 bits per heavy atom. The van der Waals surface area contributed by atoms with Gasteiger partial charge in [-0.05, 0) is 54.8 Å². The van der Waals surface area contributed by atoms with Crippen LogP contribution in [0.25, 0.3) is 0 Å². The van der Waals surface area contributed by atoms with E-state index in [-0.39, 0.29) is 17.5 Å². The summed E-state index contributed by atoms with van der Waals surface area (Å²) in [4.78, 5) is -0.0345. The quantitative estimate of drug-likeness (QED) is 0.737. The Bertz CT molecular complexity index is 842. The first-order chi connectivity index (χ1) is 11.7. The van der Waals surface area contributed by atoms with Crippen molar-refractivity contribution in [2.75, 3.05) is 0 Å². The third-order valence-corrected chi connectivity index (χ3v) is 5.91. The third kappa shape index (κ3) is 4.01. The van der Waals surface area contributed by atoms with E-state index in [1.807, 2.05) is 0 Å². The van der Waals surface area contributed by atoms with Crippen LogP contribution in [0.15, 0.2) is 53.4 Å². The molecule has 1 aliphatic rings. The number of halogens is 4. The van der Waals surface area contributed by atoms with Crippen LogP contribution in [0, 0.1) is 5.82 Å². The van der Waals surface area contributed by atoms with Crippen LogP contribution in [0.3, 0.4) is 0 Å². The molecule has 0 heterocycles. The summed E-state index contributed by atoms with van der Waals surface area (Å²) in [6.07, 6.45) is -3.04. The highest BCUT2D eigenvalue weighted by molar-refractivity contribution is 7.89. The van der Waals surface area contributed by atoms with Gasteiger partial charge in [0, 0.05) is 12.6 Å². The Labute approximate surface area is 142 Å². The van der Waals surface area contributed by atoms with Gasteiger partial charge >= 0.3 is 6.18 Å². The van der Waals surface area contributed by atoms with Gasteiger partial charge in [0.25, 0.3) is 0 Å². The van der Waals surface area contributed by atoms with Gasteiger partial charge in [0.05, 0.1) is 10.5 Å². The molecule has 1 aliphatic carbocycles. The summed E-state index contributed by atoms with van der Waals surface area (Å²) in [7, 11) is -3.85.